The lowest BCUT2D eigenvalue weighted by molar-refractivity contribution is -0.116. The summed E-state index contributed by atoms with van der Waals surface area (Å²) in [4.78, 5) is 14.7. The number of nitrogens with zero attached hydrogens (tertiary/aromatic N) is 5. The molecular weight excluding hydrogens is 408 g/mol. The molecule has 0 bridgehead atoms. The number of anilines is 2. The molecule has 1 aromatic carbocycles. The largest absolute Gasteiger partial charge is 0.494 e. The van der Waals surface area contributed by atoms with Gasteiger partial charge in [-0.05, 0) is 43.7 Å². The molecule has 166 valence electrons. The van der Waals surface area contributed by atoms with Crippen molar-refractivity contribution in [2.24, 2.45) is 0 Å². The molecule has 9 heteroatoms. The van der Waals surface area contributed by atoms with E-state index in [9.17, 15) is 4.79 Å². The van der Waals surface area contributed by atoms with E-state index in [1.54, 1.807) is 4.68 Å². The molecule has 2 aliphatic rings. The van der Waals surface area contributed by atoms with Gasteiger partial charge in [0.1, 0.15) is 11.6 Å². The topological polar surface area (TPSA) is 94.4 Å². The number of nitrogens with one attached hydrogen (secondary N) is 1. The number of rotatable bonds is 5. The Kier molecular flexibility index (Phi) is 5.48. The fourth-order valence-electron chi connectivity index (χ4n) is 4.35. The van der Waals surface area contributed by atoms with Crippen LogP contribution in [0.3, 0.4) is 0 Å². The summed E-state index contributed by atoms with van der Waals surface area (Å²) < 4.78 is 12.6. The summed E-state index contributed by atoms with van der Waals surface area (Å²) in [5.41, 5.74) is 2.92. The van der Waals surface area contributed by atoms with Gasteiger partial charge in [-0.15, -0.1) is 10.2 Å². The highest BCUT2D eigenvalue weighted by Gasteiger charge is 2.33. The highest BCUT2D eigenvalue weighted by Crippen LogP contribution is 2.40. The molecule has 5 rings (SSSR count). The van der Waals surface area contributed by atoms with Crippen LogP contribution >= 0.6 is 0 Å². The van der Waals surface area contributed by atoms with E-state index in [-0.39, 0.29) is 11.8 Å². The maximum Gasteiger partial charge on any atom is 0.226 e. The lowest BCUT2D eigenvalue weighted by Gasteiger charge is -2.27. The summed E-state index contributed by atoms with van der Waals surface area (Å²) in [5.74, 6) is 2.73. The van der Waals surface area contributed by atoms with Crippen molar-refractivity contribution in [3.63, 3.8) is 0 Å². The third kappa shape index (κ3) is 3.80. The molecule has 2 aliphatic heterocycles. The van der Waals surface area contributed by atoms with Gasteiger partial charge in [0.15, 0.2) is 11.6 Å². The van der Waals surface area contributed by atoms with Gasteiger partial charge in [-0.1, -0.05) is 12.1 Å². The van der Waals surface area contributed by atoms with Crippen molar-refractivity contribution in [1.82, 2.24) is 20.0 Å². The summed E-state index contributed by atoms with van der Waals surface area (Å²) in [6.45, 7) is 7.51. The Hall–Kier alpha value is -3.46. The fraction of sp³-hybridized carbons (Fsp3) is 0.391. The zero-order valence-corrected chi connectivity index (χ0v) is 18.2. The van der Waals surface area contributed by atoms with Gasteiger partial charge in [0, 0.05) is 31.0 Å². The SMILES string of the molecule is CCOc1ccc([C@H]2CC(=O)Nc3c2c(C)nn3-c2ccc(N3CCOCC3)nn2)cc1. The maximum absolute atomic E-state index is 12.6. The minimum atomic E-state index is -0.0799. The Bertz CT molecular complexity index is 1100. The lowest BCUT2D eigenvalue weighted by Crippen LogP contribution is -2.36. The molecule has 9 nitrogen and oxygen atoms in total. The van der Waals surface area contributed by atoms with Crippen LogP contribution in [0.1, 0.15) is 36.1 Å². The molecule has 3 aromatic rings. The summed E-state index contributed by atoms with van der Waals surface area (Å²) in [6, 6.07) is 11.8. The van der Waals surface area contributed by atoms with Crippen LogP contribution in [0.2, 0.25) is 0 Å². The number of ether oxygens (including phenoxy) is 2. The molecule has 0 spiro atoms. The van der Waals surface area contributed by atoms with Gasteiger partial charge in [-0.2, -0.15) is 9.78 Å². The number of fused-ring (bicyclic) bond motifs is 1. The lowest BCUT2D eigenvalue weighted by atomic mass is 9.86. The second-order valence-corrected chi connectivity index (χ2v) is 7.92. The molecular formula is C23H26N6O3. The molecule has 32 heavy (non-hydrogen) atoms. The average molecular weight is 435 g/mol. The van der Waals surface area contributed by atoms with Crippen molar-refractivity contribution >= 4 is 17.5 Å². The number of hydrogen-bond donors (Lipinski definition) is 1. The third-order valence-corrected chi connectivity index (χ3v) is 5.88. The van der Waals surface area contributed by atoms with Crippen molar-refractivity contribution < 1.29 is 14.3 Å². The summed E-state index contributed by atoms with van der Waals surface area (Å²) in [5, 5.41) is 16.5. The van der Waals surface area contributed by atoms with Gasteiger partial charge in [0.25, 0.3) is 0 Å². The van der Waals surface area contributed by atoms with Crippen LogP contribution in [0.15, 0.2) is 36.4 Å². The van der Waals surface area contributed by atoms with E-state index in [2.05, 4.69) is 20.4 Å². The summed E-state index contributed by atoms with van der Waals surface area (Å²) in [7, 11) is 0. The standard InChI is InChI=1S/C23H26N6O3/c1-3-32-17-6-4-16(5-7-17)18-14-21(30)24-23-22(18)15(2)27-29(23)20-9-8-19(25-26-20)28-10-12-31-13-11-28/h4-9,18H,3,10-14H2,1-2H3,(H,24,30)/t18-/m1/s1. The Morgan fingerprint density at radius 1 is 1.09 bits per heavy atom. The smallest absolute Gasteiger partial charge is 0.226 e. The van der Waals surface area contributed by atoms with E-state index < -0.39 is 0 Å². The zero-order chi connectivity index (χ0) is 22.1. The van der Waals surface area contributed by atoms with E-state index in [1.165, 1.54) is 0 Å². The zero-order valence-electron chi connectivity index (χ0n) is 18.2. The molecule has 1 saturated heterocycles. The van der Waals surface area contributed by atoms with Gasteiger partial charge in [0.05, 0.1) is 25.5 Å². The van der Waals surface area contributed by atoms with Crippen LogP contribution in [0.5, 0.6) is 5.75 Å². The monoisotopic (exact) mass is 434 g/mol. The van der Waals surface area contributed by atoms with E-state index >= 15 is 0 Å². The first-order valence-corrected chi connectivity index (χ1v) is 10.9. The number of hydrogen-bond acceptors (Lipinski definition) is 7. The number of aryl methyl sites for hydroxylation is 1. The number of carbonyl (C=O) groups is 1. The number of aromatic nitrogens is 4. The van der Waals surface area contributed by atoms with Crippen LogP contribution in [0, 0.1) is 6.92 Å². The first kappa shape index (κ1) is 20.4. The molecule has 1 fully saturated rings. The van der Waals surface area contributed by atoms with E-state index in [4.69, 9.17) is 14.6 Å². The first-order valence-electron chi connectivity index (χ1n) is 10.9. The van der Waals surface area contributed by atoms with Crippen LogP contribution in [-0.2, 0) is 9.53 Å². The minimum absolute atomic E-state index is 0.0459. The molecule has 0 aliphatic carbocycles. The summed E-state index contributed by atoms with van der Waals surface area (Å²) in [6.07, 6.45) is 0.370. The van der Waals surface area contributed by atoms with E-state index in [0.717, 1.165) is 41.5 Å². The van der Waals surface area contributed by atoms with Crippen LogP contribution in [0.4, 0.5) is 11.6 Å². The molecule has 1 N–H and O–H groups in total. The molecule has 2 aromatic heterocycles. The van der Waals surface area contributed by atoms with Crippen molar-refractivity contribution in [1.29, 1.82) is 0 Å². The van der Waals surface area contributed by atoms with Crippen molar-refractivity contribution in [3.05, 3.63) is 53.2 Å². The molecule has 4 heterocycles. The van der Waals surface area contributed by atoms with Crippen molar-refractivity contribution in [2.45, 2.75) is 26.2 Å². The normalized spacial score (nSPS) is 18.2. The number of amides is 1. The Morgan fingerprint density at radius 2 is 1.81 bits per heavy atom. The Morgan fingerprint density at radius 3 is 2.50 bits per heavy atom. The van der Waals surface area contributed by atoms with Gasteiger partial charge in [-0.25, -0.2) is 0 Å². The quantitative estimate of drug-likeness (QED) is 0.660. The van der Waals surface area contributed by atoms with Crippen LogP contribution < -0.4 is 15.0 Å². The predicted molar refractivity (Wildman–Crippen MR) is 120 cm³/mol. The highest BCUT2D eigenvalue weighted by atomic mass is 16.5. The molecule has 0 radical (unpaired) electrons. The molecule has 0 saturated carbocycles. The van der Waals surface area contributed by atoms with E-state index in [0.29, 0.717) is 37.9 Å². The summed E-state index contributed by atoms with van der Waals surface area (Å²) >= 11 is 0. The second-order valence-electron chi connectivity index (χ2n) is 7.92. The fourth-order valence-corrected chi connectivity index (χ4v) is 4.35. The highest BCUT2D eigenvalue weighted by molar-refractivity contribution is 5.95. The number of carbonyl (C=O) groups excluding carboxylic acids is 1. The van der Waals surface area contributed by atoms with Crippen molar-refractivity contribution in [2.75, 3.05) is 43.1 Å². The van der Waals surface area contributed by atoms with Crippen LogP contribution in [-0.4, -0.2) is 58.8 Å². The average Bonchev–Trinajstić information content (AvgIpc) is 3.16. The predicted octanol–water partition coefficient (Wildman–Crippen LogP) is 2.68. The van der Waals surface area contributed by atoms with Crippen molar-refractivity contribution in [3.8, 4) is 11.6 Å². The second kappa shape index (κ2) is 8.58. The van der Waals surface area contributed by atoms with Gasteiger partial charge in [0.2, 0.25) is 5.91 Å². The Balaban J connectivity index is 1.47. The first-order chi connectivity index (χ1) is 15.6. The molecule has 1 amide bonds. The number of morpholine rings is 1. The van der Waals surface area contributed by atoms with Gasteiger partial charge >= 0.3 is 0 Å². The van der Waals surface area contributed by atoms with Gasteiger partial charge in [-0.3, -0.25) is 4.79 Å². The van der Waals surface area contributed by atoms with E-state index in [1.807, 2.05) is 50.2 Å². The molecule has 0 unspecified atom stereocenters. The Labute approximate surface area is 186 Å². The maximum atomic E-state index is 12.6. The van der Waals surface area contributed by atoms with Gasteiger partial charge < -0.3 is 19.7 Å². The minimum Gasteiger partial charge on any atom is -0.494 e. The molecule has 1 atom stereocenters. The van der Waals surface area contributed by atoms with Crippen LogP contribution in [0.25, 0.3) is 5.82 Å². The number of benzene rings is 1. The third-order valence-electron chi connectivity index (χ3n) is 5.88.